The van der Waals surface area contributed by atoms with Crippen LogP contribution in [0.5, 0.6) is 16.7 Å². The smallest absolute Gasteiger partial charge is 0.298 e. The van der Waals surface area contributed by atoms with E-state index in [0.29, 0.717) is 38.2 Å². The van der Waals surface area contributed by atoms with Gasteiger partial charge in [0.1, 0.15) is 18.1 Å². The van der Waals surface area contributed by atoms with E-state index in [4.69, 9.17) is 32.7 Å². The standard InChI is InChI=1S/C20H20Cl2N4O2S/c1-4-26(3)12-23-17-9-13(2)18(10-16(17)22)28-20-24-19(25-29-20)11-27-15-7-5-14(21)6-8-15/h5-10,12H,4,11H2,1-3H3/b23-12-. The molecular formula is C20H20Cl2N4O2S. The van der Waals surface area contributed by atoms with E-state index in [0.717, 1.165) is 23.6 Å². The summed E-state index contributed by atoms with van der Waals surface area (Å²) < 4.78 is 15.8. The molecule has 29 heavy (non-hydrogen) atoms. The molecule has 0 unspecified atom stereocenters. The van der Waals surface area contributed by atoms with Crippen molar-refractivity contribution >= 4 is 46.8 Å². The molecule has 3 rings (SSSR count). The van der Waals surface area contributed by atoms with E-state index in [1.165, 1.54) is 0 Å². The van der Waals surface area contributed by atoms with Gasteiger partial charge in [-0.25, -0.2) is 4.99 Å². The van der Waals surface area contributed by atoms with Gasteiger partial charge < -0.3 is 14.4 Å². The molecular weight excluding hydrogens is 431 g/mol. The number of ether oxygens (including phenoxy) is 2. The molecule has 0 bridgehead atoms. The quantitative estimate of drug-likeness (QED) is 0.304. The minimum atomic E-state index is 0.236. The van der Waals surface area contributed by atoms with E-state index in [2.05, 4.69) is 14.3 Å². The van der Waals surface area contributed by atoms with Crippen molar-refractivity contribution in [2.75, 3.05) is 13.6 Å². The Bertz CT molecular complexity index is 993. The van der Waals surface area contributed by atoms with Crippen molar-refractivity contribution in [3.8, 4) is 16.7 Å². The number of hydrogen-bond donors (Lipinski definition) is 0. The largest absolute Gasteiger partial charge is 0.486 e. The lowest BCUT2D eigenvalue weighted by Gasteiger charge is -2.10. The molecule has 152 valence electrons. The molecule has 3 aromatic rings. The maximum atomic E-state index is 6.35. The third kappa shape index (κ3) is 6.06. The van der Waals surface area contributed by atoms with Gasteiger partial charge in [0.15, 0.2) is 5.82 Å². The maximum absolute atomic E-state index is 6.35. The van der Waals surface area contributed by atoms with Gasteiger partial charge in [-0.15, -0.1) is 0 Å². The van der Waals surface area contributed by atoms with Crippen LogP contribution in [0.15, 0.2) is 41.4 Å². The van der Waals surface area contributed by atoms with E-state index in [1.54, 1.807) is 36.7 Å². The average molecular weight is 451 g/mol. The molecule has 6 nitrogen and oxygen atoms in total. The van der Waals surface area contributed by atoms with Crippen LogP contribution >= 0.6 is 34.7 Å². The number of benzene rings is 2. The van der Waals surface area contributed by atoms with E-state index in [9.17, 15) is 0 Å². The molecule has 0 spiro atoms. The molecule has 0 aliphatic heterocycles. The summed E-state index contributed by atoms with van der Waals surface area (Å²) in [7, 11) is 1.95. The van der Waals surface area contributed by atoms with E-state index in [-0.39, 0.29) is 6.61 Å². The first-order valence-corrected chi connectivity index (χ1v) is 10.4. The summed E-state index contributed by atoms with van der Waals surface area (Å²) in [6.45, 7) is 5.08. The number of halogens is 2. The second-order valence-corrected chi connectivity index (χ2v) is 7.77. The lowest BCUT2D eigenvalue weighted by atomic mass is 10.2. The van der Waals surface area contributed by atoms with Crippen molar-refractivity contribution in [3.63, 3.8) is 0 Å². The molecule has 0 fully saturated rings. The van der Waals surface area contributed by atoms with E-state index in [1.807, 2.05) is 31.9 Å². The molecule has 0 radical (unpaired) electrons. The van der Waals surface area contributed by atoms with Crippen LogP contribution in [0.3, 0.4) is 0 Å². The molecule has 0 atom stereocenters. The second-order valence-electron chi connectivity index (χ2n) is 6.21. The normalized spacial score (nSPS) is 11.1. The fourth-order valence-corrected chi connectivity index (χ4v) is 3.09. The molecule has 2 aromatic carbocycles. The van der Waals surface area contributed by atoms with Gasteiger partial charge >= 0.3 is 0 Å². The molecule has 0 N–H and O–H groups in total. The highest BCUT2D eigenvalue weighted by molar-refractivity contribution is 7.07. The van der Waals surface area contributed by atoms with Gasteiger partial charge in [-0.05, 0) is 49.7 Å². The summed E-state index contributed by atoms with van der Waals surface area (Å²) >= 11 is 13.4. The minimum absolute atomic E-state index is 0.236. The Kier molecular flexibility index (Phi) is 7.30. The van der Waals surface area contributed by atoms with Gasteiger partial charge in [0, 0.05) is 36.2 Å². The summed E-state index contributed by atoms with van der Waals surface area (Å²) in [6, 6.07) is 10.7. The van der Waals surface area contributed by atoms with Crippen molar-refractivity contribution in [2.45, 2.75) is 20.5 Å². The molecule has 0 aliphatic rings. The summed E-state index contributed by atoms with van der Waals surface area (Å²) in [5, 5.41) is 1.57. The zero-order valence-corrected chi connectivity index (χ0v) is 18.6. The van der Waals surface area contributed by atoms with Gasteiger partial charge in [-0.1, -0.05) is 23.2 Å². The zero-order valence-electron chi connectivity index (χ0n) is 16.2. The second kappa shape index (κ2) is 9.91. The number of hydrogen-bond acceptors (Lipinski definition) is 6. The Labute approximate surface area is 183 Å². The van der Waals surface area contributed by atoms with Crippen LogP contribution in [0.25, 0.3) is 0 Å². The summed E-state index contributed by atoms with van der Waals surface area (Å²) in [5.41, 5.74) is 1.58. The summed E-state index contributed by atoms with van der Waals surface area (Å²) in [6.07, 6.45) is 1.75. The fourth-order valence-electron chi connectivity index (χ4n) is 2.21. The lowest BCUT2D eigenvalue weighted by molar-refractivity contribution is 0.296. The van der Waals surface area contributed by atoms with Crippen molar-refractivity contribution in [3.05, 3.63) is 57.8 Å². The molecule has 0 saturated carbocycles. The molecule has 0 saturated heterocycles. The highest BCUT2D eigenvalue weighted by atomic mass is 35.5. The Hall–Kier alpha value is -2.35. The summed E-state index contributed by atoms with van der Waals surface area (Å²) in [5.74, 6) is 1.84. The third-order valence-electron chi connectivity index (χ3n) is 3.97. The first kappa shape index (κ1) is 21.4. The topological polar surface area (TPSA) is 59.8 Å². The monoisotopic (exact) mass is 450 g/mol. The Morgan fingerprint density at radius 2 is 1.97 bits per heavy atom. The fraction of sp³-hybridized carbons (Fsp3) is 0.250. The Balaban J connectivity index is 1.65. The average Bonchev–Trinajstić information content (AvgIpc) is 3.16. The van der Waals surface area contributed by atoms with Crippen LogP contribution in [0.2, 0.25) is 10.0 Å². The number of rotatable bonds is 8. The number of aryl methyl sites for hydroxylation is 1. The van der Waals surface area contributed by atoms with Crippen molar-refractivity contribution in [2.24, 2.45) is 4.99 Å². The Morgan fingerprint density at radius 1 is 1.21 bits per heavy atom. The number of aliphatic imine (C=N–C) groups is 1. The number of aromatic nitrogens is 2. The van der Waals surface area contributed by atoms with E-state index >= 15 is 0 Å². The highest BCUT2D eigenvalue weighted by Gasteiger charge is 2.11. The van der Waals surface area contributed by atoms with Gasteiger partial charge in [0.2, 0.25) is 0 Å². The molecule has 9 heteroatoms. The van der Waals surface area contributed by atoms with Gasteiger partial charge in [-0.2, -0.15) is 9.36 Å². The zero-order chi connectivity index (χ0) is 20.8. The van der Waals surface area contributed by atoms with Crippen LogP contribution in [-0.4, -0.2) is 34.2 Å². The first-order valence-electron chi connectivity index (χ1n) is 8.88. The minimum Gasteiger partial charge on any atom is -0.486 e. The van der Waals surface area contributed by atoms with Crippen LogP contribution in [0, 0.1) is 6.92 Å². The van der Waals surface area contributed by atoms with Crippen molar-refractivity contribution < 1.29 is 9.47 Å². The SMILES string of the molecule is CCN(C)/C=N\c1cc(C)c(Oc2nc(COc3ccc(Cl)cc3)ns2)cc1Cl. The Morgan fingerprint density at radius 3 is 2.69 bits per heavy atom. The van der Waals surface area contributed by atoms with Crippen molar-refractivity contribution in [1.82, 2.24) is 14.3 Å². The van der Waals surface area contributed by atoms with Crippen molar-refractivity contribution in [1.29, 1.82) is 0 Å². The summed E-state index contributed by atoms with van der Waals surface area (Å²) in [4.78, 5) is 10.7. The van der Waals surface area contributed by atoms with Gasteiger partial charge in [0.25, 0.3) is 5.19 Å². The van der Waals surface area contributed by atoms with Gasteiger partial charge in [0.05, 0.1) is 17.0 Å². The van der Waals surface area contributed by atoms with Gasteiger partial charge in [-0.3, -0.25) is 0 Å². The molecule has 1 aromatic heterocycles. The predicted molar refractivity (Wildman–Crippen MR) is 118 cm³/mol. The van der Waals surface area contributed by atoms with E-state index < -0.39 is 0 Å². The molecule has 0 aliphatic carbocycles. The molecule has 0 amide bonds. The van der Waals surface area contributed by atoms with Crippen LogP contribution in [0.1, 0.15) is 18.3 Å². The van der Waals surface area contributed by atoms with Crippen LogP contribution in [0.4, 0.5) is 5.69 Å². The maximum Gasteiger partial charge on any atom is 0.298 e. The lowest BCUT2D eigenvalue weighted by Crippen LogP contribution is -2.14. The third-order valence-corrected chi connectivity index (χ3v) is 5.15. The highest BCUT2D eigenvalue weighted by Crippen LogP contribution is 2.35. The van der Waals surface area contributed by atoms with Crippen LogP contribution in [-0.2, 0) is 6.61 Å². The first-order chi connectivity index (χ1) is 13.9. The van der Waals surface area contributed by atoms with Crippen LogP contribution < -0.4 is 9.47 Å². The molecule has 1 heterocycles. The predicted octanol–water partition coefficient (Wildman–Crippen LogP) is 6.14. The number of nitrogens with zero attached hydrogens (tertiary/aromatic N) is 4.